The molecule has 0 bridgehead atoms. The van der Waals surface area contributed by atoms with Gasteiger partial charge in [0.1, 0.15) is 17.1 Å². The Bertz CT molecular complexity index is 510. The predicted molar refractivity (Wildman–Crippen MR) is 80.6 cm³/mol. The second kappa shape index (κ2) is 7.01. The van der Waals surface area contributed by atoms with Crippen molar-refractivity contribution < 1.29 is 9.52 Å². The molecular formula is C15H23N3O2. The van der Waals surface area contributed by atoms with Crippen molar-refractivity contribution in [3.05, 3.63) is 23.2 Å². The Morgan fingerprint density at radius 2 is 2.20 bits per heavy atom. The summed E-state index contributed by atoms with van der Waals surface area (Å²) >= 11 is 0. The summed E-state index contributed by atoms with van der Waals surface area (Å²) in [4.78, 5) is 4.36. The zero-order chi connectivity index (χ0) is 15.2. The van der Waals surface area contributed by atoms with E-state index >= 15 is 0 Å². The molecule has 1 atom stereocenters. The Hall–Kier alpha value is -1.93. The lowest BCUT2D eigenvalue weighted by molar-refractivity contribution is 0.0657. The van der Waals surface area contributed by atoms with Crippen LogP contribution in [0.4, 0.5) is 0 Å². The van der Waals surface area contributed by atoms with Crippen molar-refractivity contribution in [1.29, 1.82) is 0 Å². The molecule has 0 saturated heterocycles. The van der Waals surface area contributed by atoms with Gasteiger partial charge in [0, 0.05) is 12.1 Å². The van der Waals surface area contributed by atoms with Gasteiger partial charge in [-0.2, -0.15) is 0 Å². The molecule has 0 aliphatic heterocycles. The van der Waals surface area contributed by atoms with Crippen molar-refractivity contribution in [1.82, 2.24) is 10.6 Å². The fourth-order valence-corrected chi connectivity index (χ4v) is 1.96. The molecule has 0 amide bonds. The third kappa shape index (κ3) is 4.32. The number of aliphatic imine (C=N–C) groups is 1. The largest absolute Gasteiger partial charge is 0.466 e. The second-order valence-corrected chi connectivity index (χ2v) is 4.85. The van der Waals surface area contributed by atoms with Crippen LogP contribution in [0, 0.1) is 26.2 Å². The van der Waals surface area contributed by atoms with Crippen LogP contribution >= 0.6 is 0 Å². The number of hydrogen-bond donors (Lipinski definition) is 3. The monoisotopic (exact) mass is 277 g/mol. The van der Waals surface area contributed by atoms with Crippen molar-refractivity contribution in [2.24, 2.45) is 4.99 Å². The lowest BCUT2D eigenvalue weighted by Crippen LogP contribution is -2.39. The molecule has 20 heavy (non-hydrogen) atoms. The maximum Gasteiger partial charge on any atom is 0.192 e. The van der Waals surface area contributed by atoms with E-state index in [0.29, 0.717) is 18.3 Å². The Morgan fingerprint density at radius 3 is 2.70 bits per heavy atom. The van der Waals surface area contributed by atoms with Gasteiger partial charge >= 0.3 is 0 Å². The minimum atomic E-state index is -1.08. The van der Waals surface area contributed by atoms with E-state index in [1.54, 1.807) is 6.92 Å². The predicted octanol–water partition coefficient (Wildman–Crippen LogP) is 1.29. The molecule has 1 rings (SSSR count). The highest BCUT2D eigenvalue weighted by molar-refractivity contribution is 5.80. The highest BCUT2D eigenvalue weighted by atomic mass is 16.3. The fourth-order valence-electron chi connectivity index (χ4n) is 1.96. The van der Waals surface area contributed by atoms with Crippen molar-refractivity contribution >= 4 is 5.96 Å². The summed E-state index contributed by atoms with van der Waals surface area (Å²) in [6.45, 7) is 8.71. The van der Waals surface area contributed by atoms with Crippen LogP contribution in [-0.2, 0) is 5.60 Å². The van der Waals surface area contributed by atoms with Gasteiger partial charge in [-0.05, 0) is 33.8 Å². The maximum absolute atomic E-state index is 10.6. The number of rotatable bonds is 5. The van der Waals surface area contributed by atoms with Gasteiger partial charge < -0.3 is 20.2 Å². The van der Waals surface area contributed by atoms with Gasteiger partial charge in [-0.25, -0.2) is 4.99 Å². The number of nitrogens with one attached hydrogen (secondary N) is 2. The third-order valence-corrected chi connectivity index (χ3v) is 2.87. The van der Waals surface area contributed by atoms with E-state index < -0.39 is 5.60 Å². The second-order valence-electron chi connectivity index (χ2n) is 4.85. The highest BCUT2D eigenvalue weighted by Gasteiger charge is 2.27. The average Bonchev–Trinajstić information content (AvgIpc) is 2.73. The number of aliphatic hydroxyl groups is 1. The summed E-state index contributed by atoms with van der Waals surface area (Å²) < 4.78 is 5.45. The molecule has 0 aliphatic carbocycles. The summed E-state index contributed by atoms with van der Waals surface area (Å²) in [7, 11) is 0. The fraction of sp³-hybridized carbons (Fsp3) is 0.533. The average molecular weight is 277 g/mol. The number of furan rings is 1. The van der Waals surface area contributed by atoms with Crippen LogP contribution in [0.1, 0.15) is 30.9 Å². The number of aryl methyl sites for hydroxylation is 2. The van der Waals surface area contributed by atoms with Crippen LogP contribution < -0.4 is 10.6 Å². The molecular weight excluding hydrogens is 254 g/mol. The van der Waals surface area contributed by atoms with E-state index in [1.807, 2.05) is 26.8 Å². The Labute approximate surface area is 120 Å². The SMILES string of the molecule is C#CCNC(=NCC(C)(O)c1cc(C)oc1C)NCC. The normalized spacial score (nSPS) is 14.5. The van der Waals surface area contributed by atoms with Crippen LogP contribution in [0.15, 0.2) is 15.5 Å². The van der Waals surface area contributed by atoms with Gasteiger partial charge in [0.2, 0.25) is 0 Å². The highest BCUT2D eigenvalue weighted by Crippen LogP contribution is 2.27. The number of nitrogens with zero attached hydrogens (tertiary/aromatic N) is 1. The minimum Gasteiger partial charge on any atom is -0.466 e. The Balaban J connectivity index is 2.83. The topological polar surface area (TPSA) is 69.8 Å². The zero-order valence-corrected chi connectivity index (χ0v) is 12.6. The summed E-state index contributed by atoms with van der Waals surface area (Å²) in [5.41, 5.74) is -0.327. The van der Waals surface area contributed by atoms with Crippen LogP contribution in [-0.4, -0.2) is 30.7 Å². The van der Waals surface area contributed by atoms with Crippen molar-refractivity contribution in [3.8, 4) is 12.3 Å². The van der Waals surface area contributed by atoms with E-state index in [0.717, 1.165) is 17.9 Å². The van der Waals surface area contributed by atoms with Crippen molar-refractivity contribution in [2.45, 2.75) is 33.3 Å². The molecule has 0 fully saturated rings. The lowest BCUT2D eigenvalue weighted by Gasteiger charge is -2.21. The molecule has 1 unspecified atom stereocenters. The first-order valence-corrected chi connectivity index (χ1v) is 6.66. The molecule has 110 valence electrons. The van der Waals surface area contributed by atoms with Crippen LogP contribution in [0.25, 0.3) is 0 Å². The maximum atomic E-state index is 10.6. The number of terminal acetylenes is 1. The Kier molecular flexibility index (Phi) is 5.66. The molecule has 1 heterocycles. The first-order valence-electron chi connectivity index (χ1n) is 6.66. The number of guanidine groups is 1. The summed E-state index contributed by atoms with van der Waals surface area (Å²) in [5, 5.41) is 16.6. The summed E-state index contributed by atoms with van der Waals surface area (Å²) in [6, 6.07) is 1.84. The van der Waals surface area contributed by atoms with Crippen molar-refractivity contribution in [2.75, 3.05) is 19.6 Å². The van der Waals surface area contributed by atoms with Gasteiger partial charge in [-0.1, -0.05) is 5.92 Å². The van der Waals surface area contributed by atoms with Gasteiger partial charge in [0.25, 0.3) is 0 Å². The molecule has 5 nitrogen and oxygen atoms in total. The number of hydrogen-bond acceptors (Lipinski definition) is 3. The Morgan fingerprint density at radius 1 is 1.50 bits per heavy atom. The third-order valence-electron chi connectivity index (χ3n) is 2.87. The minimum absolute atomic E-state index is 0.215. The lowest BCUT2D eigenvalue weighted by atomic mass is 9.96. The molecule has 1 aromatic rings. The van der Waals surface area contributed by atoms with E-state index in [-0.39, 0.29) is 6.54 Å². The van der Waals surface area contributed by atoms with E-state index in [9.17, 15) is 5.11 Å². The van der Waals surface area contributed by atoms with Crippen LogP contribution in [0.5, 0.6) is 0 Å². The summed E-state index contributed by atoms with van der Waals surface area (Å²) in [5.74, 6) is 4.56. The first-order chi connectivity index (χ1) is 9.40. The quantitative estimate of drug-likeness (QED) is 0.431. The summed E-state index contributed by atoms with van der Waals surface area (Å²) in [6.07, 6.45) is 5.21. The first kappa shape index (κ1) is 16.1. The van der Waals surface area contributed by atoms with E-state index in [2.05, 4.69) is 21.5 Å². The molecule has 0 spiro atoms. The molecule has 0 saturated carbocycles. The van der Waals surface area contributed by atoms with E-state index in [1.165, 1.54) is 0 Å². The smallest absolute Gasteiger partial charge is 0.192 e. The zero-order valence-electron chi connectivity index (χ0n) is 12.6. The van der Waals surface area contributed by atoms with E-state index in [4.69, 9.17) is 10.8 Å². The van der Waals surface area contributed by atoms with Crippen LogP contribution in [0.2, 0.25) is 0 Å². The van der Waals surface area contributed by atoms with Gasteiger partial charge in [0.15, 0.2) is 5.96 Å². The van der Waals surface area contributed by atoms with Gasteiger partial charge in [0.05, 0.1) is 13.1 Å². The van der Waals surface area contributed by atoms with Crippen LogP contribution in [0.3, 0.4) is 0 Å². The molecule has 5 heteroatoms. The molecule has 0 radical (unpaired) electrons. The van der Waals surface area contributed by atoms with Gasteiger partial charge in [-0.15, -0.1) is 6.42 Å². The molecule has 0 aliphatic rings. The van der Waals surface area contributed by atoms with Crippen molar-refractivity contribution in [3.63, 3.8) is 0 Å². The molecule has 3 N–H and O–H groups in total. The van der Waals surface area contributed by atoms with Gasteiger partial charge in [-0.3, -0.25) is 0 Å². The molecule has 0 aromatic carbocycles. The molecule has 1 aromatic heterocycles. The standard InChI is InChI=1S/C15H23N3O2/c1-6-8-17-14(16-7-2)18-10-15(5,19)13-9-11(3)20-12(13)4/h1,9,19H,7-8,10H2,2-5H3,(H2,16,17,18).